The smallest absolute Gasteiger partial charge is 0.244 e. The highest BCUT2D eigenvalue weighted by atomic mass is 35.5. The summed E-state index contributed by atoms with van der Waals surface area (Å²) < 4.78 is 26.8. The Balaban J connectivity index is 2.11. The van der Waals surface area contributed by atoms with Gasteiger partial charge in [0.2, 0.25) is 21.8 Å². The van der Waals surface area contributed by atoms with Gasteiger partial charge in [-0.25, -0.2) is 8.42 Å². The Labute approximate surface area is 240 Å². The first kappa shape index (κ1) is 30.5. The summed E-state index contributed by atoms with van der Waals surface area (Å²) in [6, 6.07) is 20.1. The highest BCUT2D eigenvalue weighted by Gasteiger charge is 2.34. The normalized spacial score (nSPS) is 12.2. The first-order valence-corrected chi connectivity index (χ1v) is 15.1. The number of halogens is 2. The molecule has 39 heavy (non-hydrogen) atoms. The molecule has 0 saturated carbocycles. The van der Waals surface area contributed by atoms with E-state index in [9.17, 15) is 18.0 Å². The number of anilines is 1. The number of nitrogens with zero attached hydrogens (tertiary/aromatic N) is 2. The monoisotopic (exact) mass is 589 g/mol. The van der Waals surface area contributed by atoms with E-state index in [0.29, 0.717) is 26.9 Å². The SMILES string of the molecule is Cc1ccccc1N(CC(=O)N(Cc1c(Cl)cccc1Cl)C(Cc1ccccc1)C(=O)NC(C)C)S(C)(=O)=O. The molecular formula is C29H33Cl2N3O4S. The number of para-hydroxylation sites is 1. The molecule has 3 aromatic rings. The van der Waals surface area contributed by atoms with Gasteiger partial charge in [0.05, 0.1) is 11.9 Å². The fourth-order valence-electron chi connectivity index (χ4n) is 4.23. The van der Waals surface area contributed by atoms with Crippen molar-refractivity contribution in [3.63, 3.8) is 0 Å². The Morgan fingerprint density at radius 1 is 0.897 bits per heavy atom. The zero-order chi connectivity index (χ0) is 28.7. The Kier molecular flexibility index (Phi) is 10.4. The summed E-state index contributed by atoms with van der Waals surface area (Å²) >= 11 is 12.9. The van der Waals surface area contributed by atoms with Crippen LogP contribution in [0.15, 0.2) is 72.8 Å². The van der Waals surface area contributed by atoms with Gasteiger partial charge in [-0.1, -0.05) is 77.8 Å². The Morgan fingerprint density at radius 2 is 1.49 bits per heavy atom. The van der Waals surface area contributed by atoms with Gasteiger partial charge in [-0.05, 0) is 50.1 Å². The van der Waals surface area contributed by atoms with E-state index in [1.807, 2.05) is 44.2 Å². The molecule has 0 aliphatic heterocycles. The number of hydrogen-bond donors (Lipinski definition) is 1. The van der Waals surface area contributed by atoms with Crippen LogP contribution in [0, 0.1) is 6.92 Å². The van der Waals surface area contributed by atoms with Crippen molar-refractivity contribution < 1.29 is 18.0 Å². The minimum absolute atomic E-state index is 0.0915. The number of nitrogens with one attached hydrogen (secondary N) is 1. The number of amides is 2. The quantitative estimate of drug-likeness (QED) is 0.331. The van der Waals surface area contributed by atoms with Gasteiger partial charge < -0.3 is 10.2 Å². The number of benzene rings is 3. The van der Waals surface area contributed by atoms with Crippen LogP contribution in [0.25, 0.3) is 0 Å². The summed E-state index contributed by atoms with van der Waals surface area (Å²) in [7, 11) is -3.85. The van der Waals surface area contributed by atoms with Crippen molar-refractivity contribution in [2.24, 2.45) is 0 Å². The van der Waals surface area contributed by atoms with E-state index >= 15 is 0 Å². The van der Waals surface area contributed by atoms with Crippen molar-refractivity contribution >= 4 is 50.7 Å². The molecule has 0 fully saturated rings. The van der Waals surface area contributed by atoms with Crippen molar-refractivity contribution in [2.45, 2.75) is 45.8 Å². The number of carbonyl (C=O) groups is 2. The van der Waals surface area contributed by atoms with E-state index in [1.54, 1.807) is 49.4 Å². The van der Waals surface area contributed by atoms with Crippen LogP contribution in [0.4, 0.5) is 5.69 Å². The molecule has 0 heterocycles. The Hall–Kier alpha value is -3.07. The van der Waals surface area contributed by atoms with Crippen molar-refractivity contribution in [2.75, 3.05) is 17.1 Å². The van der Waals surface area contributed by atoms with Gasteiger partial charge in [-0.3, -0.25) is 13.9 Å². The Bertz CT molecular complexity index is 1390. The van der Waals surface area contributed by atoms with Crippen LogP contribution in [0.1, 0.15) is 30.5 Å². The summed E-state index contributed by atoms with van der Waals surface area (Å²) in [6.07, 6.45) is 1.26. The molecule has 0 aromatic heterocycles. The highest BCUT2D eigenvalue weighted by Crippen LogP contribution is 2.28. The van der Waals surface area contributed by atoms with Crippen LogP contribution in [-0.4, -0.2) is 50.0 Å². The molecule has 3 rings (SSSR count). The van der Waals surface area contributed by atoms with Crippen LogP contribution in [-0.2, 0) is 32.6 Å². The minimum atomic E-state index is -3.85. The molecule has 0 saturated heterocycles. The summed E-state index contributed by atoms with van der Waals surface area (Å²) in [4.78, 5) is 29.0. The maximum absolute atomic E-state index is 14.1. The summed E-state index contributed by atoms with van der Waals surface area (Å²) in [5, 5.41) is 3.58. The van der Waals surface area contributed by atoms with Crippen LogP contribution < -0.4 is 9.62 Å². The van der Waals surface area contributed by atoms with Crippen molar-refractivity contribution in [3.8, 4) is 0 Å². The van der Waals surface area contributed by atoms with Gasteiger partial charge in [0.1, 0.15) is 12.6 Å². The van der Waals surface area contributed by atoms with Crippen molar-refractivity contribution in [1.29, 1.82) is 0 Å². The predicted octanol–water partition coefficient (Wildman–Crippen LogP) is 5.23. The first-order chi connectivity index (χ1) is 18.4. The minimum Gasteiger partial charge on any atom is -0.352 e. The average Bonchev–Trinajstić information content (AvgIpc) is 2.86. The molecule has 3 aromatic carbocycles. The first-order valence-electron chi connectivity index (χ1n) is 12.5. The van der Waals surface area contributed by atoms with Crippen LogP contribution in [0.3, 0.4) is 0 Å². The van der Waals surface area contributed by atoms with E-state index in [0.717, 1.165) is 16.1 Å². The molecule has 0 radical (unpaired) electrons. The van der Waals surface area contributed by atoms with Crippen LogP contribution in [0.2, 0.25) is 10.0 Å². The molecule has 7 nitrogen and oxygen atoms in total. The van der Waals surface area contributed by atoms with Gasteiger partial charge in [0.25, 0.3) is 0 Å². The molecule has 0 spiro atoms. The lowest BCUT2D eigenvalue weighted by Gasteiger charge is -2.34. The highest BCUT2D eigenvalue weighted by molar-refractivity contribution is 7.92. The number of rotatable bonds is 11. The lowest BCUT2D eigenvalue weighted by molar-refractivity contribution is -0.140. The molecule has 0 aliphatic rings. The van der Waals surface area contributed by atoms with Crippen molar-refractivity contribution in [1.82, 2.24) is 10.2 Å². The zero-order valence-corrected chi connectivity index (χ0v) is 24.7. The lowest BCUT2D eigenvalue weighted by Crippen LogP contribution is -2.54. The van der Waals surface area contributed by atoms with Gasteiger partial charge in [-0.2, -0.15) is 0 Å². The average molecular weight is 591 g/mol. The van der Waals surface area contributed by atoms with E-state index in [2.05, 4.69) is 5.32 Å². The van der Waals surface area contributed by atoms with Gasteiger partial charge in [0, 0.05) is 34.6 Å². The molecule has 1 atom stereocenters. The molecular weight excluding hydrogens is 557 g/mol. The van der Waals surface area contributed by atoms with Gasteiger partial charge in [-0.15, -0.1) is 0 Å². The van der Waals surface area contributed by atoms with E-state index in [1.165, 1.54) is 4.90 Å². The molecule has 208 valence electrons. The molecule has 2 amide bonds. The molecule has 0 aliphatic carbocycles. The third-order valence-electron chi connectivity index (χ3n) is 6.16. The molecule has 0 bridgehead atoms. The summed E-state index contributed by atoms with van der Waals surface area (Å²) in [5.74, 6) is -0.938. The lowest BCUT2D eigenvalue weighted by atomic mass is 10.0. The fraction of sp³-hybridized carbons (Fsp3) is 0.310. The van der Waals surface area contributed by atoms with Crippen molar-refractivity contribution in [3.05, 3.63) is 99.5 Å². The third-order valence-corrected chi connectivity index (χ3v) is 7.99. The van der Waals surface area contributed by atoms with Gasteiger partial charge >= 0.3 is 0 Å². The fourth-order valence-corrected chi connectivity index (χ4v) is 5.65. The number of sulfonamides is 1. The maximum atomic E-state index is 14.1. The number of aryl methyl sites for hydroxylation is 1. The van der Waals surface area contributed by atoms with E-state index < -0.39 is 28.5 Å². The standard InChI is InChI=1S/C29H33Cl2N3O4S/c1-20(2)32-29(36)27(17-22-12-6-5-7-13-22)33(18-23-24(30)14-10-15-25(23)31)28(35)19-34(39(4,37)38)26-16-9-8-11-21(26)3/h5-16,20,27H,17-19H2,1-4H3,(H,32,36). The molecule has 10 heteroatoms. The topological polar surface area (TPSA) is 86.8 Å². The molecule has 1 unspecified atom stereocenters. The largest absolute Gasteiger partial charge is 0.352 e. The second kappa shape index (κ2) is 13.3. The maximum Gasteiger partial charge on any atom is 0.244 e. The molecule has 1 N–H and O–H groups in total. The second-order valence-electron chi connectivity index (χ2n) is 9.65. The third kappa shape index (κ3) is 8.21. The zero-order valence-electron chi connectivity index (χ0n) is 22.4. The second-order valence-corrected chi connectivity index (χ2v) is 12.4. The van der Waals surface area contributed by atoms with Gasteiger partial charge in [0.15, 0.2) is 0 Å². The predicted molar refractivity (Wildman–Crippen MR) is 158 cm³/mol. The summed E-state index contributed by atoms with van der Waals surface area (Å²) in [5.41, 5.74) is 2.37. The van der Waals surface area contributed by atoms with Crippen LogP contribution in [0.5, 0.6) is 0 Å². The van der Waals surface area contributed by atoms with Crippen LogP contribution >= 0.6 is 23.2 Å². The van der Waals surface area contributed by atoms with E-state index in [-0.39, 0.29) is 24.9 Å². The van der Waals surface area contributed by atoms with E-state index in [4.69, 9.17) is 23.2 Å². The number of hydrogen-bond acceptors (Lipinski definition) is 4. The summed E-state index contributed by atoms with van der Waals surface area (Å²) in [6.45, 7) is 4.83. The Morgan fingerprint density at radius 3 is 2.05 bits per heavy atom. The number of carbonyl (C=O) groups excluding carboxylic acids is 2.